The molecule has 2 N–H and O–H groups in total. The maximum Gasteiger partial charge on any atom is 0.262 e. The van der Waals surface area contributed by atoms with E-state index in [0.717, 1.165) is 16.8 Å². The monoisotopic (exact) mass is 286 g/mol. The summed E-state index contributed by atoms with van der Waals surface area (Å²) in [5.41, 5.74) is 3.10. The number of hydrogen-bond donors (Lipinski definition) is 2. The lowest BCUT2D eigenvalue weighted by Gasteiger charge is -2.12. The van der Waals surface area contributed by atoms with E-state index in [0.29, 0.717) is 5.69 Å². The third-order valence-corrected chi connectivity index (χ3v) is 3.19. The molecule has 1 aromatic heterocycles. The van der Waals surface area contributed by atoms with E-state index in [2.05, 4.69) is 10.3 Å². The number of aryl methyl sites for hydroxylation is 3. The minimum Gasteiger partial charge on any atom is -0.478 e. The van der Waals surface area contributed by atoms with Gasteiger partial charge in [0.2, 0.25) is 5.43 Å². The fourth-order valence-electron chi connectivity index (χ4n) is 2.07. The number of para-hydroxylation sites is 1. The molecule has 0 fully saturated rings. The van der Waals surface area contributed by atoms with Gasteiger partial charge in [-0.15, -0.1) is 0 Å². The lowest BCUT2D eigenvalue weighted by atomic mass is 10.1. The van der Waals surface area contributed by atoms with E-state index < -0.39 is 0 Å². The zero-order chi connectivity index (χ0) is 15.4. The van der Waals surface area contributed by atoms with Crippen molar-refractivity contribution in [2.75, 3.05) is 11.9 Å². The van der Waals surface area contributed by atoms with Crippen molar-refractivity contribution in [3.8, 4) is 5.75 Å². The molecule has 5 nitrogen and oxygen atoms in total. The van der Waals surface area contributed by atoms with Gasteiger partial charge in [0, 0.05) is 18.0 Å². The van der Waals surface area contributed by atoms with Gasteiger partial charge < -0.3 is 15.0 Å². The van der Waals surface area contributed by atoms with Gasteiger partial charge in [0.15, 0.2) is 12.4 Å². The zero-order valence-electron chi connectivity index (χ0n) is 12.3. The van der Waals surface area contributed by atoms with Crippen LogP contribution in [0.1, 0.15) is 16.8 Å². The van der Waals surface area contributed by atoms with Crippen LogP contribution >= 0.6 is 0 Å². The quantitative estimate of drug-likeness (QED) is 0.906. The first-order valence-corrected chi connectivity index (χ1v) is 6.66. The average Bonchev–Trinajstić information content (AvgIpc) is 2.42. The fourth-order valence-corrected chi connectivity index (χ4v) is 2.07. The number of H-pyrrole nitrogens is 1. The fraction of sp³-hybridized carbons (Fsp3) is 0.250. The maximum absolute atomic E-state index is 12.0. The molecule has 0 aliphatic carbocycles. The predicted octanol–water partition coefficient (Wildman–Crippen LogP) is 2.32. The number of benzene rings is 1. The lowest BCUT2D eigenvalue weighted by Crippen LogP contribution is -2.23. The van der Waals surface area contributed by atoms with Crippen LogP contribution in [0.5, 0.6) is 5.75 Å². The Balaban J connectivity index is 2.05. The molecule has 1 aromatic carbocycles. The van der Waals surface area contributed by atoms with E-state index in [1.54, 1.807) is 13.1 Å². The molecule has 1 amide bonds. The van der Waals surface area contributed by atoms with Gasteiger partial charge in [-0.3, -0.25) is 9.59 Å². The Bertz CT molecular complexity index is 699. The smallest absolute Gasteiger partial charge is 0.262 e. The van der Waals surface area contributed by atoms with Crippen LogP contribution in [0.25, 0.3) is 0 Å². The SMILES string of the molecule is Cc1cccc(C)c1NC(=O)COc1c(C)[nH]ccc1=O. The van der Waals surface area contributed by atoms with E-state index in [9.17, 15) is 9.59 Å². The number of anilines is 1. The van der Waals surface area contributed by atoms with E-state index >= 15 is 0 Å². The highest BCUT2D eigenvalue weighted by Gasteiger charge is 2.10. The molecular formula is C16H18N2O3. The van der Waals surface area contributed by atoms with Crippen LogP contribution < -0.4 is 15.5 Å². The molecule has 5 heteroatoms. The number of carbonyl (C=O) groups is 1. The van der Waals surface area contributed by atoms with E-state index in [4.69, 9.17) is 4.74 Å². The summed E-state index contributed by atoms with van der Waals surface area (Å²) >= 11 is 0. The van der Waals surface area contributed by atoms with Crippen molar-refractivity contribution in [2.24, 2.45) is 0 Å². The van der Waals surface area contributed by atoms with Crippen molar-refractivity contribution < 1.29 is 9.53 Å². The molecule has 0 saturated heterocycles. The Morgan fingerprint density at radius 1 is 1.19 bits per heavy atom. The Hall–Kier alpha value is -2.56. The van der Waals surface area contributed by atoms with Crippen molar-refractivity contribution >= 4 is 11.6 Å². The molecule has 0 aliphatic rings. The molecule has 0 atom stereocenters. The summed E-state index contributed by atoms with van der Waals surface area (Å²) in [7, 11) is 0. The van der Waals surface area contributed by atoms with Crippen LogP contribution in [0, 0.1) is 20.8 Å². The summed E-state index contributed by atoms with van der Waals surface area (Å²) in [6.45, 7) is 5.37. The minimum absolute atomic E-state index is 0.175. The minimum atomic E-state index is -0.296. The second-order valence-electron chi connectivity index (χ2n) is 4.90. The summed E-state index contributed by atoms with van der Waals surface area (Å²) in [5.74, 6) is -0.121. The summed E-state index contributed by atoms with van der Waals surface area (Å²) in [5, 5.41) is 2.81. The molecule has 1 heterocycles. The second-order valence-corrected chi connectivity index (χ2v) is 4.90. The summed E-state index contributed by atoms with van der Waals surface area (Å²) in [4.78, 5) is 26.5. The van der Waals surface area contributed by atoms with Crippen molar-refractivity contribution in [3.63, 3.8) is 0 Å². The summed E-state index contributed by atoms with van der Waals surface area (Å²) in [6, 6.07) is 7.15. The van der Waals surface area contributed by atoms with Crippen molar-refractivity contribution in [3.05, 3.63) is 57.5 Å². The van der Waals surface area contributed by atoms with Gasteiger partial charge in [0.05, 0.1) is 5.69 Å². The highest BCUT2D eigenvalue weighted by atomic mass is 16.5. The first-order chi connectivity index (χ1) is 9.99. The Morgan fingerprint density at radius 2 is 1.86 bits per heavy atom. The molecule has 0 aliphatic heterocycles. The van der Waals surface area contributed by atoms with Crippen LogP contribution in [0.4, 0.5) is 5.69 Å². The topological polar surface area (TPSA) is 71.2 Å². The number of nitrogens with one attached hydrogen (secondary N) is 2. The average molecular weight is 286 g/mol. The molecular weight excluding hydrogens is 268 g/mol. The second kappa shape index (κ2) is 6.26. The molecule has 2 rings (SSSR count). The normalized spacial score (nSPS) is 10.2. The number of hydrogen-bond acceptors (Lipinski definition) is 3. The summed E-state index contributed by atoms with van der Waals surface area (Å²) < 4.78 is 5.33. The van der Waals surface area contributed by atoms with Crippen molar-refractivity contribution in [2.45, 2.75) is 20.8 Å². The van der Waals surface area contributed by atoms with Crippen LogP contribution in [0.3, 0.4) is 0 Å². The number of pyridine rings is 1. The molecule has 110 valence electrons. The molecule has 0 bridgehead atoms. The summed E-state index contributed by atoms with van der Waals surface area (Å²) in [6.07, 6.45) is 1.54. The molecule has 0 radical (unpaired) electrons. The lowest BCUT2D eigenvalue weighted by molar-refractivity contribution is -0.118. The van der Waals surface area contributed by atoms with Gasteiger partial charge >= 0.3 is 0 Å². The zero-order valence-corrected chi connectivity index (χ0v) is 12.3. The van der Waals surface area contributed by atoms with Crippen LogP contribution in [-0.4, -0.2) is 17.5 Å². The van der Waals surface area contributed by atoms with Gasteiger partial charge in [-0.25, -0.2) is 0 Å². The number of ether oxygens (including phenoxy) is 1. The standard InChI is InChI=1S/C16H18N2O3/c1-10-5-4-6-11(2)15(10)18-14(20)9-21-16-12(3)17-8-7-13(16)19/h4-8H,9H2,1-3H3,(H,17,19)(H,18,20). The van der Waals surface area contributed by atoms with Crippen LogP contribution in [0.15, 0.2) is 35.3 Å². The van der Waals surface area contributed by atoms with Crippen molar-refractivity contribution in [1.29, 1.82) is 0 Å². The number of rotatable bonds is 4. The third kappa shape index (κ3) is 3.51. The van der Waals surface area contributed by atoms with Crippen LogP contribution in [-0.2, 0) is 4.79 Å². The van der Waals surface area contributed by atoms with Gasteiger partial charge in [0.25, 0.3) is 5.91 Å². The number of amides is 1. The molecule has 0 unspecified atom stereocenters. The van der Waals surface area contributed by atoms with E-state index in [1.165, 1.54) is 6.07 Å². The first kappa shape index (κ1) is 14.8. The van der Waals surface area contributed by atoms with Crippen molar-refractivity contribution in [1.82, 2.24) is 4.98 Å². The molecule has 0 spiro atoms. The third-order valence-electron chi connectivity index (χ3n) is 3.19. The number of aromatic nitrogens is 1. The van der Waals surface area contributed by atoms with Crippen LogP contribution in [0.2, 0.25) is 0 Å². The molecule has 2 aromatic rings. The van der Waals surface area contributed by atoms with E-state index in [1.807, 2.05) is 32.0 Å². The highest BCUT2D eigenvalue weighted by Crippen LogP contribution is 2.19. The maximum atomic E-state index is 12.0. The Morgan fingerprint density at radius 3 is 2.48 bits per heavy atom. The molecule has 21 heavy (non-hydrogen) atoms. The Labute approximate surface area is 123 Å². The predicted molar refractivity (Wildman–Crippen MR) is 81.8 cm³/mol. The van der Waals surface area contributed by atoms with Gasteiger partial charge in [-0.2, -0.15) is 0 Å². The Kier molecular flexibility index (Phi) is 4.42. The van der Waals surface area contributed by atoms with Gasteiger partial charge in [0.1, 0.15) is 0 Å². The highest BCUT2D eigenvalue weighted by molar-refractivity contribution is 5.93. The first-order valence-electron chi connectivity index (χ1n) is 6.66. The van der Waals surface area contributed by atoms with Gasteiger partial charge in [-0.05, 0) is 31.9 Å². The van der Waals surface area contributed by atoms with E-state index in [-0.39, 0.29) is 23.7 Å². The number of carbonyl (C=O) groups excluding carboxylic acids is 1. The largest absolute Gasteiger partial charge is 0.478 e. The van der Waals surface area contributed by atoms with Gasteiger partial charge in [-0.1, -0.05) is 18.2 Å². The number of aromatic amines is 1. The molecule has 0 saturated carbocycles.